The van der Waals surface area contributed by atoms with E-state index in [-0.39, 0.29) is 12.5 Å². The van der Waals surface area contributed by atoms with Crippen LogP contribution in [0.5, 0.6) is 0 Å². The van der Waals surface area contributed by atoms with E-state index in [0.717, 1.165) is 11.1 Å². The molecule has 0 aliphatic heterocycles. The first-order valence-corrected chi connectivity index (χ1v) is 6.56. The fraction of sp³-hybridized carbons (Fsp3) is 0.235. The predicted molar refractivity (Wildman–Crippen MR) is 84.1 cm³/mol. The van der Waals surface area contributed by atoms with Gasteiger partial charge in [-0.3, -0.25) is 4.79 Å². The van der Waals surface area contributed by atoms with Crippen LogP contribution >= 0.6 is 0 Å². The van der Waals surface area contributed by atoms with Gasteiger partial charge in [0.1, 0.15) is 0 Å². The van der Waals surface area contributed by atoms with Gasteiger partial charge in [-0.05, 0) is 24.5 Å². The first-order valence-electron chi connectivity index (χ1n) is 6.56. The molecule has 0 aliphatic carbocycles. The van der Waals surface area contributed by atoms with E-state index in [0.29, 0.717) is 6.42 Å². The van der Waals surface area contributed by atoms with E-state index in [1.807, 2.05) is 43.3 Å². The molecular formula is C17H22N2O. The maximum atomic E-state index is 11.7. The van der Waals surface area contributed by atoms with Crippen LogP contribution in [0.25, 0.3) is 0 Å². The first-order chi connectivity index (χ1) is 9.55. The molecule has 0 aliphatic rings. The third kappa shape index (κ3) is 4.21. The third-order valence-corrected chi connectivity index (χ3v) is 3.16. The molecule has 3 heteroatoms. The predicted octanol–water partition coefficient (Wildman–Crippen LogP) is 2.67. The quantitative estimate of drug-likeness (QED) is 0.748. The number of rotatable bonds is 7. The van der Waals surface area contributed by atoms with Crippen molar-refractivity contribution < 1.29 is 4.79 Å². The van der Waals surface area contributed by atoms with Crippen LogP contribution in [0.4, 0.5) is 0 Å². The average molecular weight is 270 g/mol. The maximum Gasteiger partial charge on any atom is 0.234 e. The molecule has 0 bridgehead atoms. The number of allylic oxidation sites excluding steroid dienone is 3. The van der Waals surface area contributed by atoms with Crippen molar-refractivity contribution in [3.8, 4) is 0 Å². The van der Waals surface area contributed by atoms with Crippen LogP contribution in [-0.4, -0.2) is 12.5 Å². The molecule has 0 aromatic heterocycles. The molecule has 3 N–H and O–H groups in total. The van der Waals surface area contributed by atoms with Crippen molar-refractivity contribution in [3.63, 3.8) is 0 Å². The normalized spacial score (nSPS) is 14.2. The zero-order chi connectivity index (χ0) is 15.0. The highest BCUT2D eigenvalue weighted by Gasteiger charge is 2.28. The van der Waals surface area contributed by atoms with E-state index in [2.05, 4.69) is 18.5 Å². The molecule has 1 unspecified atom stereocenters. The number of carbonyl (C=O) groups is 1. The lowest BCUT2D eigenvalue weighted by Gasteiger charge is -2.32. The summed E-state index contributed by atoms with van der Waals surface area (Å²) >= 11 is 0. The van der Waals surface area contributed by atoms with Crippen LogP contribution in [0.1, 0.15) is 18.9 Å². The van der Waals surface area contributed by atoms with E-state index in [9.17, 15) is 4.79 Å². The Morgan fingerprint density at radius 1 is 1.35 bits per heavy atom. The molecule has 20 heavy (non-hydrogen) atoms. The van der Waals surface area contributed by atoms with E-state index in [1.54, 1.807) is 12.2 Å². The van der Waals surface area contributed by atoms with E-state index in [1.165, 1.54) is 0 Å². The van der Waals surface area contributed by atoms with Gasteiger partial charge in [0.2, 0.25) is 5.91 Å². The Bertz CT molecular complexity index is 505. The van der Waals surface area contributed by atoms with E-state index in [4.69, 9.17) is 5.73 Å². The van der Waals surface area contributed by atoms with Crippen LogP contribution < -0.4 is 11.1 Å². The van der Waals surface area contributed by atoms with Gasteiger partial charge < -0.3 is 11.1 Å². The Kier molecular flexibility index (Phi) is 5.94. The van der Waals surface area contributed by atoms with E-state index < -0.39 is 5.54 Å². The van der Waals surface area contributed by atoms with Gasteiger partial charge in [0.25, 0.3) is 0 Å². The second-order valence-electron chi connectivity index (χ2n) is 4.81. The smallest absolute Gasteiger partial charge is 0.234 e. The lowest BCUT2D eigenvalue weighted by Crippen LogP contribution is -2.46. The molecule has 1 aromatic carbocycles. The fourth-order valence-electron chi connectivity index (χ4n) is 2.14. The van der Waals surface area contributed by atoms with Crippen LogP contribution in [0.2, 0.25) is 0 Å². The number of hydrogen-bond acceptors (Lipinski definition) is 2. The zero-order valence-corrected chi connectivity index (χ0v) is 11.9. The van der Waals surface area contributed by atoms with Gasteiger partial charge in [0.15, 0.2) is 0 Å². The summed E-state index contributed by atoms with van der Waals surface area (Å²) in [4.78, 5) is 11.7. The monoisotopic (exact) mass is 270 g/mol. The molecule has 1 aromatic rings. The standard InChI is InChI=1S/C17H22N2O/c1-4-9-14(5-2)12-17(3,19-16(20)13-18)15-10-7-6-8-11-15/h4-11H,1-2,12-13,18H2,3H3,(H,19,20)/b14-9+. The van der Waals surface area contributed by atoms with Crippen LogP contribution in [-0.2, 0) is 10.3 Å². The van der Waals surface area contributed by atoms with Gasteiger partial charge in [-0.15, -0.1) is 0 Å². The summed E-state index contributed by atoms with van der Waals surface area (Å²) in [7, 11) is 0. The number of nitrogens with two attached hydrogens (primary N) is 1. The molecule has 0 saturated carbocycles. The SMILES string of the molecule is C=C/C=C(\C=C)CC(C)(NC(=O)CN)c1ccccc1. The van der Waals surface area contributed by atoms with Crippen molar-refractivity contribution in [2.45, 2.75) is 18.9 Å². The molecule has 1 amide bonds. The summed E-state index contributed by atoms with van der Waals surface area (Å²) in [5, 5.41) is 3.00. The Labute approximate surface area is 120 Å². The Morgan fingerprint density at radius 2 is 2.00 bits per heavy atom. The van der Waals surface area contributed by atoms with Crippen LogP contribution in [0.15, 0.2) is 67.3 Å². The minimum Gasteiger partial charge on any atom is -0.345 e. The van der Waals surface area contributed by atoms with Gasteiger partial charge in [0.05, 0.1) is 12.1 Å². The molecular weight excluding hydrogens is 248 g/mol. The van der Waals surface area contributed by atoms with Crippen LogP contribution in [0.3, 0.4) is 0 Å². The molecule has 1 rings (SSSR count). The lowest BCUT2D eigenvalue weighted by molar-refractivity contribution is -0.121. The minimum absolute atomic E-state index is 0.0307. The molecule has 0 radical (unpaired) electrons. The molecule has 106 valence electrons. The number of nitrogens with one attached hydrogen (secondary N) is 1. The summed E-state index contributed by atoms with van der Waals surface area (Å²) in [6.45, 7) is 9.45. The van der Waals surface area contributed by atoms with Crippen molar-refractivity contribution in [2.75, 3.05) is 6.54 Å². The number of benzene rings is 1. The topological polar surface area (TPSA) is 55.1 Å². The van der Waals surface area contributed by atoms with Gasteiger partial charge in [0, 0.05) is 0 Å². The Balaban J connectivity index is 3.13. The largest absolute Gasteiger partial charge is 0.345 e. The summed E-state index contributed by atoms with van der Waals surface area (Å²) in [6, 6.07) is 9.83. The van der Waals surface area contributed by atoms with Gasteiger partial charge in [-0.1, -0.05) is 61.7 Å². The highest BCUT2D eigenvalue weighted by molar-refractivity contribution is 5.78. The maximum absolute atomic E-state index is 11.7. The second-order valence-corrected chi connectivity index (χ2v) is 4.81. The van der Waals surface area contributed by atoms with Gasteiger partial charge in [-0.2, -0.15) is 0 Å². The van der Waals surface area contributed by atoms with E-state index >= 15 is 0 Å². The third-order valence-electron chi connectivity index (χ3n) is 3.16. The van der Waals surface area contributed by atoms with Gasteiger partial charge in [-0.25, -0.2) is 0 Å². The highest BCUT2D eigenvalue weighted by Crippen LogP contribution is 2.28. The summed E-state index contributed by atoms with van der Waals surface area (Å²) in [5.41, 5.74) is 6.92. The molecule has 3 nitrogen and oxygen atoms in total. The number of amides is 1. The Hall–Kier alpha value is -2.13. The summed E-state index contributed by atoms with van der Waals surface area (Å²) in [5.74, 6) is -0.182. The summed E-state index contributed by atoms with van der Waals surface area (Å²) in [6.07, 6.45) is 6.01. The molecule has 0 heterocycles. The van der Waals surface area contributed by atoms with Gasteiger partial charge >= 0.3 is 0 Å². The molecule has 0 saturated heterocycles. The average Bonchev–Trinajstić information content (AvgIpc) is 2.47. The Morgan fingerprint density at radius 3 is 2.50 bits per heavy atom. The van der Waals surface area contributed by atoms with Crippen molar-refractivity contribution in [3.05, 3.63) is 72.9 Å². The van der Waals surface area contributed by atoms with Crippen molar-refractivity contribution in [1.29, 1.82) is 0 Å². The molecule has 0 spiro atoms. The second kappa shape index (κ2) is 7.46. The zero-order valence-electron chi connectivity index (χ0n) is 11.9. The molecule has 0 fully saturated rings. The van der Waals surface area contributed by atoms with Crippen molar-refractivity contribution >= 4 is 5.91 Å². The number of hydrogen-bond donors (Lipinski definition) is 2. The summed E-state index contributed by atoms with van der Waals surface area (Å²) < 4.78 is 0. The molecule has 1 atom stereocenters. The lowest BCUT2D eigenvalue weighted by atomic mass is 9.85. The van der Waals surface area contributed by atoms with Crippen molar-refractivity contribution in [2.24, 2.45) is 5.73 Å². The number of carbonyl (C=O) groups excluding carboxylic acids is 1. The fourth-order valence-corrected chi connectivity index (χ4v) is 2.14. The van der Waals surface area contributed by atoms with Crippen molar-refractivity contribution in [1.82, 2.24) is 5.32 Å². The first kappa shape index (κ1) is 15.9. The van der Waals surface area contributed by atoms with Crippen LogP contribution in [0, 0.1) is 0 Å². The highest BCUT2D eigenvalue weighted by atomic mass is 16.2. The minimum atomic E-state index is -0.527.